The third kappa shape index (κ3) is 4.00. The van der Waals surface area contributed by atoms with Gasteiger partial charge in [0.1, 0.15) is 0 Å². The third-order valence-corrected chi connectivity index (χ3v) is 5.85. The molecule has 1 N–H and O–H groups in total. The molecule has 3 nitrogen and oxygen atoms in total. The topological polar surface area (TPSA) is 24.5 Å². The Balaban J connectivity index is 1.48. The lowest BCUT2D eigenvalue weighted by Gasteiger charge is -2.37. The molecule has 2 heterocycles. The van der Waals surface area contributed by atoms with Crippen LogP contribution in [0.5, 0.6) is 0 Å². The normalized spacial score (nSPS) is 33.0. The van der Waals surface area contributed by atoms with Crippen LogP contribution in [0.15, 0.2) is 0 Å². The van der Waals surface area contributed by atoms with Crippen molar-refractivity contribution < 1.29 is 4.74 Å². The molecule has 2 unspecified atom stereocenters. The fraction of sp³-hybridized carbons (Fsp3) is 1.00. The van der Waals surface area contributed by atoms with Gasteiger partial charge in [-0.3, -0.25) is 4.90 Å². The maximum absolute atomic E-state index is 6.52. The molecule has 3 fully saturated rings. The number of piperidine rings is 1. The molecule has 122 valence electrons. The van der Waals surface area contributed by atoms with Crippen LogP contribution in [0.2, 0.25) is 0 Å². The molecule has 2 saturated heterocycles. The van der Waals surface area contributed by atoms with E-state index in [1.54, 1.807) is 0 Å². The van der Waals surface area contributed by atoms with Gasteiger partial charge in [-0.05, 0) is 58.0 Å². The lowest BCUT2D eigenvalue weighted by molar-refractivity contribution is -0.0539. The second-order valence-corrected chi connectivity index (χ2v) is 7.52. The number of likely N-dealkylation sites (tertiary alicyclic amines) is 1. The maximum atomic E-state index is 6.52. The van der Waals surface area contributed by atoms with Crippen LogP contribution in [0.4, 0.5) is 0 Å². The molecule has 0 aromatic heterocycles. The maximum Gasteiger partial charge on any atom is 0.0710 e. The molecule has 1 aliphatic carbocycles. The van der Waals surface area contributed by atoms with Crippen molar-refractivity contribution in [2.75, 3.05) is 26.2 Å². The van der Waals surface area contributed by atoms with Crippen LogP contribution in [0.3, 0.4) is 0 Å². The summed E-state index contributed by atoms with van der Waals surface area (Å²) in [6.45, 7) is 7.05. The van der Waals surface area contributed by atoms with Crippen molar-refractivity contribution in [3.05, 3.63) is 0 Å². The summed E-state index contributed by atoms with van der Waals surface area (Å²) in [5.74, 6) is 0. The van der Waals surface area contributed by atoms with E-state index in [0.29, 0.717) is 11.7 Å². The summed E-state index contributed by atoms with van der Waals surface area (Å²) < 4.78 is 6.52. The van der Waals surface area contributed by atoms with Gasteiger partial charge in [-0.25, -0.2) is 0 Å². The summed E-state index contributed by atoms with van der Waals surface area (Å²) >= 11 is 0. The number of nitrogens with one attached hydrogen (secondary N) is 1. The standard InChI is InChI=1S/C18H34N2O/c1-2-12-19-14-16-7-3-6-13-20(16)15-17-8-11-18(21-17)9-4-5-10-18/h16-17,19H,2-15H2,1H3. The SMILES string of the molecule is CCCNCC1CCCCN1CC1CCC2(CCCC2)O1. The van der Waals surface area contributed by atoms with E-state index in [4.69, 9.17) is 4.74 Å². The smallest absolute Gasteiger partial charge is 0.0710 e. The van der Waals surface area contributed by atoms with Crippen LogP contribution >= 0.6 is 0 Å². The molecule has 3 aliphatic rings. The molecule has 1 spiro atoms. The molecule has 0 aromatic carbocycles. The highest BCUT2D eigenvalue weighted by molar-refractivity contribution is 4.94. The summed E-state index contributed by atoms with van der Waals surface area (Å²) in [6, 6.07) is 0.744. The highest BCUT2D eigenvalue weighted by Gasteiger charge is 2.42. The number of ether oxygens (including phenoxy) is 1. The Morgan fingerprint density at radius 2 is 1.95 bits per heavy atom. The van der Waals surface area contributed by atoms with Crippen molar-refractivity contribution in [2.45, 2.75) is 88.9 Å². The summed E-state index contributed by atoms with van der Waals surface area (Å²) in [4.78, 5) is 2.73. The monoisotopic (exact) mass is 294 g/mol. The molecule has 0 bridgehead atoms. The van der Waals surface area contributed by atoms with Gasteiger partial charge in [0.25, 0.3) is 0 Å². The van der Waals surface area contributed by atoms with Crippen molar-refractivity contribution >= 4 is 0 Å². The van der Waals surface area contributed by atoms with Crippen LogP contribution in [0.1, 0.15) is 71.1 Å². The van der Waals surface area contributed by atoms with Gasteiger partial charge in [-0.1, -0.05) is 26.2 Å². The highest BCUT2D eigenvalue weighted by Crippen LogP contribution is 2.43. The van der Waals surface area contributed by atoms with Gasteiger partial charge in [-0.15, -0.1) is 0 Å². The van der Waals surface area contributed by atoms with Crippen LogP contribution < -0.4 is 5.32 Å². The molecule has 2 atom stereocenters. The Kier molecular flexibility index (Phi) is 5.58. The van der Waals surface area contributed by atoms with Crippen molar-refractivity contribution in [2.24, 2.45) is 0 Å². The Hall–Kier alpha value is -0.120. The highest BCUT2D eigenvalue weighted by atomic mass is 16.5. The molecule has 1 saturated carbocycles. The van der Waals surface area contributed by atoms with Gasteiger partial charge >= 0.3 is 0 Å². The van der Waals surface area contributed by atoms with Crippen LogP contribution in [-0.2, 0) is 4.74 Å². The first-order chi connectivity index (χ1) is 10.3. The molecule has 2 aliphatic heterocycles. The van der Waals surface area contributed by atoms with Gasteiger partial charge in [0.05, 0.1) is 11.7 Å². The number of hydrogen-bond acceptors (Lipinski definition) is 3. The molecule has 3 rings (SSSR count). The summed E-state index contributed by atoms with van der Waals surface area (Å²) in [5.41, 5.74) is 0.302. The third-order valence-electron chi connectivity index (χ3n) is 5.85. The largest absolute Gasteiger partial charge is 0.370 e. The lowest BCUT2D eigenvalue weighted by Crippen LogP contribution is -2.48. The van der Waals surface area contributed by atoms with E-state index in [-0.39, 0.29) is 0 Å². The van der Waals surface area contributed by atoms with Gasteiger partial charge in [0.15, 0.2) is 0 Å². The summed E-state index contributed by atoms with van der Waals surface area (Å²) in [7, 11) is 0. The van der Waals surface area contributed by atoms with Gasteiger partial charge in [-0.2, -0.15) is 0 Å². The van der Waals surface area contributed by atoms with E-state index in [0.717, 1.165) is 12.6 Å². The van der Waals surface area contributed by atoms with Gasteiger partial charge < -0.3 is 10.1 Å². The molecule has 0 aromatic rings. The van der Waals surface area contributed by atoms with Crippen LogP contribution in [0, 0.1) is 0 Å². The molecular weight excluding hydrogens is 260 g/mol. The minimum Gasteiger partial charge on any atom is -0.370 e. The predicted molar refractivity (Wildman–Crippen MR) is 87.7 cm³/mol. The van der Waals surface area contributed by atoms with E-state index in [2.05, 4.69) is 17.1 Å². The van der Waals surface area contributed by atoms with Crippen molar-refractivity contribution in [1.29, 1.82) is 0 Å². The first-order valence-corrected chi connectivity index (χ1v) is 9.44. The molecular formula is C18H34N2O. The quantitative estimate of drug-likeness (QED) is 0.761. The Morgan fingerprint density at radius 3 is 2.76 bits per heavy atom. The van der Waals surface area contributed by atoms with E-state index in [1.807, 2.05) is 0 Å². The zero-order chi connectivity index (χ0) is 14.5. The van der Waals surface area contributed by atoms with Crippen molar-refractivity contribution in [1.82, 2.24) is 10.2 Å². The predicted octanol–water partition coefficient (Wildman–Crippen LogP) is 3.33. The lowest BCUT2D eigenvalue weighted by atomic mass is 9.98. The number of rotatable bonds is 6. The second-order valence-electron chi connectivity index (χ2n) is 7.52. The van der Waals surface area contributed by atoms with E-state index < -0.39 is 0 Å². The van der Waals surface area contributed by atoms with E-state index >= 15 is 0 Å². The van der Waals surface area contributed by atoms with Crippen LogP contribution in [0.25, 0.3) is 0 Å². The van der Waals surface area contributed by atoms with Gasteiger partial charge in [0.2, 0.25) is 0 Å². The zero-order valence-corrected chi connectivity index (χ0v) is 13.9. The van der Waals surface area contributed by atoms with E-state index in [1.165, 1.54) is 83.8 Å². The zero-order valence-electron chi connectivity index (χ0n) is 13.9. The fourth-order valence-corrected chi connectivity index (χ4v) is 4.65. The Labute approximate surface area is 130 Å². The molecule has 3 heteroatoms. The fourth-order valence-electron chi connectivity index (χ4n) is 4.65. The van der Waals surface area contributed by atoms with E-state index in [9.17, 15) is 0 Å². The summed E-state index contributed by atoms with van der Waals surface area (Å²) in [5, 5.41) is 3.63. The first kappa shape index (κ1) is 15.8. The van der Waals surface area contributed by atoms with Gasteiger partial charge in [0, 0.05) is 19.1 Å². The Bertz CT molecular complexity index is 314. The minimum atomic E-state index is 0.302. The number of nitrogens with zero attached hydrogens (tertiary/aromatic N) is 1. The molecule has 21 heavy (non-hydrogen) atoms. The Morgan fingerprint density at radius 1 is 1.10 bits per heavy atom. The average molecular weight is 294 g/mol. The van der Waals surface area contributed by atoms with Crippen molar-refractivity contribution in [3.8, 4) is 0 Å². The first-order valence-electron chi connectivity index (χ1n) is 9.44. The van der Waals surface area contributed by atoms with Crippen LogP contribution in [-0.4, -0.2) is 48.8 Å². The number of hydrogen-bond donors (Lipinski definition) is 1. The molecule has 0 radical (unpaired) electrons. The average Bonchev–Trinajstić information content (AvgIpc) is 3.12. The van der Waals surface area contributed by atoms with Crippen molar-refractivity contribution in [3.63, 3.8) is 0 Å². The molecule has 0 amide bonds. The second kappa shape index (κ2) is 7.43. The minimum absolute atomic E-state index is 0.302. The summed E-state index contributed by atoms with van der Waals surface area (Å²) in [6.07, 6.45) is 13.9.